The number of benzene rings is 1. The zero-order chi connectivity index (χ0) is 14.7. The van der Waals surface area contributed by atoms with Gasteiger partial charge in [-0.2, -0.15) is 18.4 Å². The number of carbonyl (C=O) groups is 1. The Morgan fingerprint density at radius 3 is 2.42 bits per heavy atom. The third kappa shape index (κ3) is 3.98. The summed E-state index contributed by atoms with van der Waals surface area (Å²) in [5.41, 5.74) is -2.26. The van der Waals surface area contributed by atoms with E-state index in [1.54, 1.807) is 13.8 Å². The van der Waals surface area contributed by atoms with Crippen LogP contribution in [0.2, 0.25) is 0 Å². The minimum Gasteiger partial charge on any atom is -0.350 e. The summed E-state index contributed by atoms with van der Waals surface area (Å²) in [7, 11) is 0. The minimum absolute atomic E-state index is 0.0193. The van der Waals surface area contributed by atoms with Crippen LogP contribution in [0.4, 0.5) is 13.2 Å². The van der Waals surface area contributed by atoms with Crippen molar-refractivity contribution >= 4 is 5.91 Å². The molecule has 1 aromatic carbocycles. The average Bonchev–Trinajstić information content (AvgIpc) is 2.35. The molecule has 1 N–H and O–H groups in total. The number of carbonyl (C=O) groups excluding carboxylic acids is 1. The summed E-state index contributed by atoms with van der Waals surface area (Å²) in [5, 5.41) is 11.1. The molecule has 0 aromatic heterocycles. The van der Waals surface area contributed by atoms with Crippen LogP contribution in [-0.2, 0) is 6.18 Å². The monoisotopic (exact) mass is 270 g/mol. The molecule has 0 aliphatic rings. The molecule has 19 heavy (non-hydrogen) atoms. The van der Waals surface area contributed by atoms with Gasteiger partial charge < -0.3 is 5.32 Å². The summed E-state index contributed by atoms with van der Waals surface area (Å²) >= 11 is 0. The van der Waals surface area contributed by atoms with Gasteiger partial charge in [-0.05, 0) is 26.0 Å². The first-order chi connectivity index (χ1) is 8.67. The van der Waals surface area contributed by atoms with E-state index in [1.165, 1.54) is 12.1 Å². The molecule has 0 heterocycles. The van der Waals surface area contributed by atoms with Gasteiger partial charge in [0.25, 0.3) is 5.91 Å². The molecule has 0 fully saturated rings. The second-order valence-corrected chi connectivity index (χ2v) is 4.72. The first kappa shape index (κ1) is 15.0. The van der Waals surface area contributed by atoms with Gasteiger partial charge in [0.15, 0.2) is 0 Å². The van der Waals surface area contributed by atoms with Crippen molar-refractivity contribution in [2.45, 2.75) is 20.0 Å². The molecule has 102 valence electrons. The number of alkyl halides is 3. The Morgan fingerprint density at radius 2 is 1.89 bits per heavy atom. The summed E-state index contributed by atoms with van der Waals surface area (Å²) in [6, 6.07) is 6.50. The normalized spacial score (nSPS) is 11.8. The van der Waals surface area contributed by atoms with E-state index in [4.69, 9.17) is 5.26 Å². The highest BCUT2D eigenvalue weighted by atomic mass is 19.4. The predicted molar refractivity (Wildman–Crippen MR) is 63.2 cm³/mol. The summed E-state index contributed by atoms with van der Waals surface area (Å²) in [4.78, 5) is 11.8. The quantitative estimate of drug-likeness (QED) is 0.918. The maximum Gasteiger partial charge on any atom is 0.417 e. The average molecular weight is 270 g/mol. The number of amides is 1. The van der Waals surface area contributed by atoms with E-state index >= 15 is 0 Å². The molecule has 0 atom stereocenters. The van der Waals surface area contributed by atoms with Crippen molar-refractivity contribution in [3.05, 3.63) is 35.4 Å². The Morgan fingerprint density at radius 1 is 1.32 bits per heavy atom. The number of nitrogens with zero attached hydrogens (tertiary/aromatic N) is 1. The number of hydrogen-bond donors (Lipinski definition) is 1. The molecule has 0 saturated heterocycles. The summed E-state index contributed by atoms with van der Waals surface area (Å²) in [5.74, 6) is -0.837. The summed E-state index contributed by atoms with van der Waals surface area (Å²) < 4.78 is 38.2. The third-order valence-corrected chi connectivity index (χ3v) is 2.47. The van der Waals surface area contributed by atoms with E-state index in [0.29, 0.717) is 0 Å². The van der Waals surface area contributed by atoms with E-state index in [0.717, 1.165) is 12.1 Å². The molecule has 6 heteroatoms. The zero-order valence-electron chi connectivity index (χ0n) is 10.5. The molecule has 0 aliphatic carbocycles. The lowest BCUT2D eigenvalue weighted by molar-refractivity contribution is -0.137. The standard InChI is InChI=1S/C13H13F3N2O/c1-12(2,7-17)8-18-11(19)9-5-3-4-6-10(9)13(14,15)16/h3-6H,8H2,1-2H3,(H,18,19). The van der Waals surface area contributed by atoms with Crippen LogP contribution in [0.3, 0.4) is 0 Å². The highest BCUT2D eigenvalue weighted by molar-refractivity contribution is 5.95. The Hall–Kier alpha value is -2.03. The van der Waals surface area contributed by atoms with E-state index in [1.807, 2.05) is 6.07 Å². The maximum absolute atomic E-state index is 12.7. The van der Waals surface area contributed by atoms with Crippen molar-refractivity contribution in [3.8, 4) is 6.07 Å². The van der Waals surface area contributed by atoms with Crippen molar-refractivity contribution < 1.29 is 18.0 Å². The summed E-state index contributed by atoms with van der Waals surface area (Å²) in [6.07, 6.45) is -4.58. The van der Waals surface area contributed by atoms with Crippen LogP contribution in [0.25, 0.3) is 0 Å². The van der Waals surface area contributed by atoms with Gasteiger partial charge in [0.2, 0.25) is 0 Å². The van der Waals surface area contributed by atoms with Crippen LogP contribution in [0, 0.1) is 16.7 Å². The van der Waals surface area contributed by atoms with Gasteiger partial charge in [0, 0.05) is 6.54 Å². The van der Waals surface area contributed by atoms with Gasteiger partial charge in [-0.15, -0.1) is 0 Å². The molecular weight excluding hydrogens is 257 g/mol. The lowest BCUT2D eigenvalue weighted by Gasteiger charge is -2.17. The number of hydrogen-bond acceptors (Lipinski definition) is 2. The van der Waals surface area contributed by atoms with E-state index < -0.39 is 28.6 Å². The topological polar surface area (TPSA) is 52.9 Å². The molecule has 0 spiro atoms. The third-order valence-electron chi connectivity index (χ3n) is 2.47. The van der Waals surface area contributed by atoms with Gasteiger partial charge in [0.05, 0.1) is 22.6 Å². The lowest BCUT2D eigenvalue weighted by Crippen LogP contribution is -2.34. The van der Waals surface area contributed by atoms with Gasteiger partial charge >= 0.3 is 6.18 Å². The molecule has 1 aromatic rings. The van der Waals surface area contributed by atoms with Crippen LogP contribution in [0.1, 0.15) is 29.8 Å². The largest absolute Gasteiger partial charge is 0.417 e. The predicted octanol–water partition coefficient (Wildman–Crippen LogP) is 2.98. The molecule has 1 rings (SSSR count). The van der Waals surface area contributed by atoms with E-state index in [9.17, 15) is 18.0 Å². The highest BCUT2D eigenvalue weighted by Gasteiger charge is 2.35. The SMILES string of the molecule is CC(C)(C#N)CNC(=O)c1ccccc1C(F)(F)F. The minimum atomic E-state index is -4.58. The molecule has 0 aliphatic heterocycles. The molecule has 3 nitrogen and oxygen atoms in total. The number of rotatable bonds is 3. The lowest BCUT2D eigenvalue weighted by atomic mass is 9.95. The smallest absolute Gasteiger partial charge is 0.350 e. The maximum atomic E-state index is 12.7. The van der Waals surface area contributed by atoms with Crippen LogP contribution >= 0.6 is 0 Å². The molecular formula is C13H13F3N2O. The second kappa shape index (κ2) is 5.31. The fourth-order valence-corrected chi connectivity index (χ4v) is 1.36. The van der Waals surface area contributed by atoms with Gasteiger partial charge in [-0.1, -0.05) is 12.1 Å². The van der Waals surface area contributed by atoms with Crippen molar-refractivity contribution in [1.29, 1.82) is 5.26 Å². The van der Waals surface area contributed by atoms with Crippen molar-refractivity contribution in [1.82, 2.24) is 5.32 Å². The Labute approximate surface area is 109 Å². The summed E-state index contributed by atoms with van der Waals surface area (Å²) in [6.45, 7) is 3.15. The van der Waals surface area contributed by atoms with Crippen molar-refractivity contribution in [2.24, 2.45) is 5.41 Å². The van der Waals surface area contributed by atoms with E-state index in [-0.39, 0.29) is 6.54 Å². The Kier molecular flexibility index (Phi) is 4.20. The van der Waals surface area contributed by atoms with E-state index in [2.05, 4.69) is 5.32 Å². The fraction of sp³-hybridized carbons (Fsp3) is 0.385. The first-order valence-corrected chi connectivity index (χ1v) is 5.53. The second-order valence-electron chi connectivity index (χ2n) is 4.72. The van der Waals surface area contributed by atoms with Crippen LogP contribution in [0.15, 0.2) is 24.3 Å². The van der Waals surface area contributed by atoms with Crippen LogP contribution in [0.5, 0.6) is 0 Å². The fourth-order valence-electron chi connectivity index (χ4n) is 1.36. The molecule has 0 unspecified atom stereocenters. The zero-order valence-corrected chi connectivity index (χ0v) is 10.5. The van der Waals surface area contributed by atoms with Crippen molar-refractivity contribution in [3.63, 3.8) is 0 Å². The van der Waals surface area contributed by atoms with Crippen molar-refractivity contribution in [2.75, 3.05) is 6.54 Å². The first-order valence-electron chi connectivity index (χ1n) is 5.53. The number of nitriles is 1. The van der Waals surface area contributed by atoms with Gasteiger partial charge in [0.1, 0.15) is 0 Å². The van der Waals surface area contributed by atoms with Crippen LogP contribution in [-0.4, -0.2) is 12.5 Å². The molecule has 0 bridgehead atoms. The number of halogens is 3. The Balaban J connectivity index is 2.93. The van der Waals surface area contributed by atoms with Crippen LogP contribution < -0.4 is 5.32 Å². The van der Waals surface area contributed by atoms with Gasteiger partial charge in [-0.3, -0.25) is 4.79 Å². The molecule has 0 saturated carbocycles. The highest BCUT2D eigenvalue weighted by Crippen LogP contribution is 2.31. The number of nitrogens with one attached hydrogen (secondary N) is 1. The molecule has 1 amide bonds. The molecule has 0 radical (unpaired) electrons. The Bertz CT molecular complexity index is 515. The van der Waals surface area contributed by atoms with Gasteiger partial charge in [-0.25, -0.2) is 0 Å².